The van der Waals surface area contributed by atoms with E-state index in [1.807, 2.05) is 0 Å². The van der Waals surface area contributed by atoms with Crippen LogP contribution in [0.2, 0.25) is 0 Å². The number of aliphatic hydroxyl groups is 1. The number of nitrogens with one attached hydrogen (secondary N) is 1. The van der Waals surface area contributed by atoms with Crippen molar-refractivity contribution in [3.63, 3.8) is 0 Å². The molecule has 2 rings (SSSR count). The zero-order chi connectivity index (χ0) is 13.0. The van der Waals surface area contributed by atoms with Crippen LogP contribution in [0.4, 0.5) is 5.69 Å². The van der Waals surface area contributed by atoms with Crippen molar-refractivity contribution in [3.05, 3.63) is 29.8 Å². The second-order valence-electron chi connectivity index (χ2n) is 5.58. The van der Waals surface area contributed by atoms with Crippen LogP contribution in [0.3, 0.4) is 0 Å². The van der Waals surface area contributed by atoms with E-state index in [0.29, 0.717) is 6.04 Å². The van der Waals surface area contributed by atoms with E-state index in [9.17, 15) is 5.11 Å². The van der Waals surface area contributed by atoms with Gasteiger partial charge in [0.1, 0.15) is 0 Å². The fourth-order valence-corrected chi connectivity index (χ4v) is 2.53. The van der Waals surface area contributed by atoms with Crippen LogP contribution in [-0.2, 0) is 6.54 Å². The van der Waals surface area contributed by atoms with Crippen LogP contribution in [0.5, 0.6) is 0 Å². The molecule has 1 aliphatic rings. The van der Waals surface area contributed by atoms with Crippen molar-refractivity contribution in [2.24, 2.45) is 0 Å². The fraction of sp³-hybridized carbons (Fsp3) is 0.600. The number of rotatable bonds is 4. The molecule has 1 fully saturated rings. The predicted molar refractivity (Wildman–Crippen MR) is 75.7 cm³/mol. The first-order valence-corrected chi connectivity index (χ1v) is 6.82. The Morgan fingerprint density at radius 2 is 1.72 bits per heavy atom. The van der Waals surface area contributed by atoms with Crippen molar-refractivity contribution in [2.75, 3.05) is 19.4 Å². The fourth-order valence-electron chi connectivity index (χ4n) is 2.53. The largest absolute Gasteiger partial charge is 0.393 e. The minimum atomic E-state index is -0.0782. The third-order valence-corrected chi connectivity index (χ3v) is 3.52. The van der Waals surface area contributed by atoms with Gasteiger partial charge in [0.2, 0.25) is 0 Å². The molecule has 0 aromatic heterocycles. The van der Waals surface area contributed by atoms with E-state index in [1.54, 1.807) is 0 Å². The van der Waals surface area contributed by atoms with Crippen molar-refractivity contribution >= 4 is 5.69 Å². The summed E-state index contributed by atoms with van der Waals surface area (Å²) in [5, 5.41) is 13.0. The summed E-state index contributed by atoms with van der Waals surface area (Å²) in [6, 6.07) is 9.20. The maximum atomic E-state index is 9.48. The van der Waals surface area contributed by atoms with Crippen LogP contribution >= 0.6 is 0 Å². The Labute approximate surface area is 110 Å². The lowest BCUT2D eigenvalue weighted by Crippen LogP contribution is -2.28. The van der Waals surface area contributed by atoms with E-state index in [2.05, 4.69) is 48.6 Å². The summed E-state index contributed by atoms with van der Waals surface area (Å²) >= 11 is 0. The molecule has 0 unspecified atom stereocenters. The van der Waals surface area contributed by atoms with Gasteiger partial charge in [-0.1, -0.05) is 12.1 Å². The molecule has 1 aromatic rings. The van der Waals surface area contributed by atoms with Gasteiger partial charge < -0.3 is 15.3 Å². The lowest BCUT2D eigenvalue weighted by Gasteiger charge is -2.27. The van der Waals surface area contributed by atoms with Crippen LogP contribution in [0, 0.1) is 0 Å². The maximum absolute atomic E-state index is 9.48. The summed E-state index contributed by atoms with van der Waals surface area (Å²) in [7, 11) is 4.17. The minimum Gasteiger partial charge on any atom is -0.393 e. The van der Waals surface area contributed by atoms with Crippen molar-refractivity contribution in [2.45, 2.75) is 44.4 Å². The summed E-state index contributed by atoms with van der Waals surface area (Å²) in [5.74, 6) is 0. The zero-order valence-corrected chi connectivity index (χ0v) is 11.4. The number of benzene rings is 1. The highest BCUT2D eigenvalue weighted by Gasteiger charge is 2.18. The number of nitrogens with zero attached hydrogens (tertiary/aromatic N) is 1. The average molecular weight is 248 g/mol. The van der Waals surface area contributed by atoms with Crippen molar-refractivity contribution < 1.29 is 5.11 Å². The molecule has 0 saturated heterocycles. The molecule has 3 nitrogen and oxygen atoms in total. The SMILES string of the molecule is CN(C)Cc1ccc(NC2CCC(O)CC2)cc1. The summed E-state index contributed by atoms with van der Waals surface area (Å²) in [6.45, 7) is 0.982. The van der Waals surface area contributed by atoms with Gasteiger partial charge in [-0.2, -0.15) is 0 Å². The Morgan fingerprint density at radius 1 is 1.11 bits per heavy atom. The molecule has 0 aliphatic heterocycles. The Hall–Kier alpha value is -1.06. The summed E-state index contributed by atoms with van der Waals surface area (Å²) in [5.41, 5.74) is 2.53. The zero-order valence-electron chi connectivity index (χ0n) is 11.4. The van der Waals surface area contributed by atoms with Gasteiger partial charge in [0.05, 0.1) is 6.10 Å². The topological polar surface area (TPSA) is 35.5 Å². The number of aliphatic hydroxyl groups excluding tert-OH is 1. The van der Waals surface area contributed by atoms with E-state index in [0.717, 1.165) is 32.2 Å². The van der Waals surface area contributed by atoms with E-state index in [-0.39, 0.29) is 6.10 Å². The van der Waals surface area contributed by atoms with E-state index in [1.165, 1.54) is 11.3 Å². The van der Waals surface area contributed by atoms with Crippen LogP contribution in [0.15, 0.2) is 24.3 Å². The molecular weight excluding hydrogens is 224 g/mol. The molecule has 0 bridgehead atoms. The molecule has 2 N–H and O–H groups in total. The predicted octanol–water partition coefficient (Wildman–Crippen LogP) is 2.46. The first-order chi connectivity index (χ1) is 8.63. The van der Waals surface area contributed by atoms with Gasteiger partial charge in [-0.05, 0) is 57.5 Å². The Balaban J connectivity index is 1.86. The summed E-state index contributed by atoms with van der Waals surface area (Å²) in [4.78, 5) is 2.17. The van der Waals surface area contributed by atoms with Crippen LogP contribution in [0.1, 0.15) is 31.2 Å². The maximum Gasteiger partial charge on any atom is 0.0541 e. The molecule has 0 heterocycles. The van der Waals surface area contributed by atoms with Gasteiger partial charge in [-0.3, -0.25) is 0 Å². The van der Waals surface area contributed by atoms with Crippen molar-refractivity contribution in [3.8, 4) is 0 Å². The Bertz CT molecular complexity index is 353. The lowest BCUT2D eigenvalue weighted by molar-refractivity contribution is 0.126. The normalized spacial score (nSPS) is 24.2. The van der Waals surface area contributed by atoms with E-state index in [4.69, 9.17) is 0 Å². The molecule has 18 heavy (non-hydrogen) atoms. The van der Waals surface area contributed by atoms with Gasteiger partial charge in [-0.25, -0.2) is 0 Å². The third-order valence-electron chi connectivity index (χ3n) is 3.52. The number of hydrogen-bond acceptors (Lipinski definition) is 3. The highest BCUT2D eigenvalue weighted by Crippen LogP contribution is 2.22. The first-order valence-electron chi connectivity index (χ1n) is 6.82. The quantitative estimate of drug-likeness (QED) is 0.859. The highest BCUT2D eigenvalue weighted by atomic mass is 16.3. The van der Waals surface area contributed by atoms with Crippen LogP contribution in [-0.4, -0.2) is 36.2 Å². The van der Waals surface area contributed by atoms with Gasteiger partial charge in [-0.15, -0.1) is 0 Å². The molecule has 3 heteroatoms. The molecule has 100 valence electrons. The molecule has 1 saturated carbocycles. The molecule has 0 radical (unpaired) electrons. The molecular formula is C15H24N2O. The molecule has 1 aliphatic carbocycles. The highest BCUT2D eigenvalue weighted by molar-refractivity contribution is 5.45. The summed E-state index contributed by atoms with van der Waals surface area (Å²) < 4.78 is 0. The monoisotopic (exact) mass is 248 g/mol. The minimum absolute atomic E-state index is 0.0782. The third kappa shape index (κ3) is 4.00. The first kappa shape index (κ1) is 13.4. The van der Waals surface area contributed by atoms with Gasteiger partial charge in [0.15, 0.2) is 0 Å². The van der Waals surface area contributed by atoms with Gasteiger partial charge in [0, 0.05) is 18.3 Å². The standard InChI is InChI=1S/C15H24N2O/c1-17(2)11-12-3-5-13(6-4-12)16-14-7-9-15(18)10-8-14/h3-6,14-16,18H,7-11H2,1-2H3. The van der Waals surface area contributed by atoms with Gasteiger partial charge in [0.25, 0.3) is 0 Å². The number of anilines is 1. The molecule has 0 amide bonds. The smallest absolute Gasteiger partial charge is 0.0541 e. The second kappa shape index (κ2) is 6.21. The summed E-state index contributed by atoms with van der Waals surface area (Å²) in [6.07, 6.45) is 3.92. The second-order valence-corrected chi connectivity index (χ2v) is 5.58. The Morgan fingerprint density at radius 3 is 2.28 bits per heavy atom. The number of hydrogen-bond donors (Lipinski definition) is 2. The lowest BCUT2D eigenvalue weighted by atomic mass is 9.93. The molecule has 0 atom stereocenters. The van der Waals surface area contributed by atoms with Crippen LogP contribution in [0.25, 0.3) is 0 Å². The van der Waals surface area contributed by atoms with Crippen molar-refractivity contribution in [1.29, 1.82) is 0 Å². The van der Waals surface area contributed by atoms with E-state index >= 15 is 0 Å². The van der Waals surface area contributed by atoms with Crippen LogP contribution < -0.4 is 5.32 Å². The van der Waals surface area contributed by atoms with Crippen molar-refractivity contribution in [1.82, 2.24) is 4.90 Å². The Kier molecular flexibility index (Phi) is 4.61. The molecule has 1 aromatic carbocycles. The van der Waals surface area contributed by atoms with E-state index < -0.39 is 0 Å². The average Bonchev–Trinajstić information content (AvgIpc) is 2.34. The molecule has 0 spiro atoms. The van der Waals surface area contributed by atoms with Gasteiger partial charge >= 0.3 is 0 Å².